The molecule has 1 aliphatic carbocycles. The van der Waals surface area contributed by atoms with Crippen molar-refractivity contribution in [1.29, 1.82) is 0 Å². The molecule has 2 aromatic rings. The number of hydrogen-bond acceptors (Lipinski definition) is 4. The maximum absolute atomic E-state index is 12.7. The fourth-order valence-electron chi connectivity index (χ4n) is 3.28. The van der Waals surface area contributed by atoms with Gasteiger partial charge in [-0.15, -0.1) is 0 Å². The number of rotatable bonds is 5. The average Bonchev–Trinajstić information content (AvgIpc) is 3.09. The first kappa shape index (κ1) is 16.7. The van der Waals surface area contributed by atoms with Crippen molar-refractivity contribution < 1.29 is 9.32 Å². The lowest BCUT2D eigenvalue weighted by Crippen LogP contribution is -2.43. The molecule has 5 nitrogen and oxygen atoms in total. The lowest BCUT2D eigenvalue weighted by Gasteiger charge is -2.34. The average molecular weight is 327 g/mol. The Labute approximate surface area is 143 Å². The molecule has 3 rings (SSSR count). The highest BCUT2D eigenvalue weighted by Gasteiger charge is 2.28. The van der Waals surface area contributed by atoms with E-state index in [9.17, 15) is 4.79 Å². The summed E-state index contributed by atoms with van der Waals surface area (Å²) >= 11 is 0. The van der Waals surface area contributed by atoms with Crippen LogP contribution in [0.3, 0.4) is 0 Å². The Hall–Kier alpha value is -2.17. The number of benzene rings is 1. The Kier molecular flexibility index (Phi) is 5.28. The van der Waals surface area contributed by atoms with Gasteiger partial charge in [0.25, 0.3) is 0 Å². The summed E-state index contributed by atoms with van der Waals surface area (Å²) in [6, 6.07) is 10.0. The zero-order valence-corrected chi connectivity index (χ0v) is 14.4. The van der Waals surface area contributed by atoms with Crippen LogP contribution in [-0.2, 0) is 11.3 Å². The molecule has 0 radical (unpaired) electrons. The van der Waals surface area contributed by atoms with Gasteiger partial charge in [0.05, 0.1) is 0 Å². The van der Waals surface area contributed by atoms with Gasteiger partial charge in [-0.05, 0) is 12.8 Å². The van der Waals surface area contributed by atoms with Crippen LogP contribution in [0.15, 0.2) is 34.9 Å². The molecule has 0 atom stereocenters. The Bertz CT molecular complexity index is 660. The lowest BCUT2D eigenvalue weighted by atomic mass is 9.93. The van der Waals surface area contributed by atoms with E-state index in [1.165, 1.54) is 19.3 Å². The van der Waals surface area contributed by atoms with Crippen LogP contribution >= 0.6 is 0 Å². The first-order valence-electron chi connectivity index (χ1n) is 8.83. The summed E-state index contributed by atoms with van der Waals surface area (Å²) in [5, 5.41) is 4.06. The van der Waals surface area contributed by atoms with Gasteiger partial charge in [-0.2, -0.15) is 4.98 Å². The molecule has 1 aromatic carbocycles. The number of carbonyl (C=O) groups is 1. The minimum Gasteiger partial charge on any atom is -0.337 e. The van der Waals surface area contributed by atoms with Crippen LogP contribution in [0.1, 0.15) is 51.8 Å². The smallest absolute Gasteiger partial charge is 0.246 e. The number of carbonyl (C=O) groups excluding carboxylic acids is 1. The van der Waals surface area contributed by atoms with Gasteiger partial charge < -0.3 is 9.42 Å². The predicted molar refractivity (Wildman–Crippen MR) is 92.0 cm³/mol. The fourth-order valence-corrected chi connectivity index (χ4v) is 3.28. The van der Waals surface area contributed by atoms with Crippen LogP contribution in [-0.4, -0.2) is 27.0 Å². The molecule has 0 spiro atoms. The third-order valence-corrected chi connectivity index (χ3v) is 4.60. The molecular formula is C19H25N3O2. The van der Waals surface area contributed by atoms with Crippen LogP contribution in [0, 0.1) is 5.92 Å². The van der Waals surface area contributed by atoms with E-state index in [1.807, 2.05) is 49.1 Å². The largest absolute Gasteiger partial charge is 0.337 e. The van der Waals surface area contributed by atoms with E-state index >= 15 is 0 Å². The highest BCUT2D eigenvalue weighted by Crippen LogP contribution is 2.26. The monoisotopic (exact) mass is 327 g/mol. The second kappa shape index (κ2) is 7.60. The van der Waals surface area contributed by atoms with Crippen LogP contribution in [0.2, 0.25) is 0 Å². The van der Waals surface area contributed by atoms with Crippen molar-refractivity contribution in [3.05, 3.63) is 36.2 Å². The van der Waals surface area contributed by atoms with E-state index in [1.54, 1.807) is 0 Å². The molecule has 1 amide bonds. The minimum absolute atomic E-state index is 0.0246. The maximum atomic E-state index is 12.7. The molecule has 0 bridgehead atoms. The van der Waals surface area contributed by atoms with E-state index in [-0.39, 0.29) is 11.8 Å². The Balaban J connectivity index is 1.77. The van der Waals surface area contributed by atoms with E-state index in [4.69, 9.17) is 4.52 Å². The van der Waals surface area contributed by atoms with E-state index in [2.05, 4.69) is 10.1 Å². The summed E-state index contributed by atoms with van der Waals surface area (Å²) in [5.74, 6) is 1.23. The van der Waals surface area contributed by atoms with Crippen molar-refractivity contribution in [1.82, 2.24) is 15.0 Å². The van der Waals surface area contributed by atoms with Crippen LogP contribution in [0.25, 0.3) is 11.4 Å². The highest BCUT2D eigenvalue weighted by atomic mass is 16.5. The SMILES string of the molecule is CC(C)C(=O)N(Cc1nc(-c2ccccc2)no1)C1CCCCC1. The standard InChI is InChI=1S/C19H25N3O2/c1-14(2)19(23)22(16-11-7-4-8-12-16)13-17-20-18(21-24-17)15-9-5-3-6-10-15/h3,5-6,9-10,14,16H,4,7-8,11-13H2,1-2H3. The first-order valence-corrected chi connectivity index (χ1v) is 8.83. The first-order chi connectivity index (χ1) is 11.6. The van der Waals surface area contributed by atoms with Gasteiger partial charge in [-0.3, -0.25) is 4.79 Å². The van der Waals surface area contributed by atoms with Gasteiger partial charge in [0, 0.05) is 17.5 Å². The third kappa shape index (κ3) is 3.83. The Morgan fingerprint density at radius 1 is 1.21 bits per heavy atom. The summed E-state index contributed by atoms with van der Waals surface area (Å²) in [6.45, 7) is 4.30. The topological polar surface area (TPSA) is 59.2 Å². The molecule has 0 unspecified atom stereocenters. The second-order valence-corrected chi connectivity index (χ2v) is 6.79. The van der Waals surface area contributed by atoms with Gasteiger partial charge in [0.2, 0.25) is 17.6 Å². The van der Waals surface area contributed by atoms with Crippen molar-refractivity contribution in [3.63, 3.8) is 0 Å². The number of amides is 1. The molecule has 5 heteroatoms. The minimum atomic E-state index is -0.0246. The molecule has 128 valence electrons. The molecule has 0 N–H and O–H groups in total. The van der Waals surface area contributed by atoms with Crippen LogP contribution < -0.4 is 0 Å². The van der Waals surface area contributed by atoms with E-state index in [0.29, 0.717) is 24.3 Å². The molecule has 24 heavy (non-hydrogen) atoms. The Morgan fingerprint density at radius 3 is 2.58 bits per heavy atom. The van der Waals surface area contributed by atoms with Crippen LogP contribution in [0.5, 0.6) is 0 Å². The maximum Gasteiger partial charge on any atom is 0.246 e. The number of hydrogen-bond donors (Lipinski definition) is 0. The quantitative estimate of drug-likeness (QED) is 0.831. The molecule has 0 aliphatic heterocycles. The van der Waals surface area contributed by atoms with Gasteiger partial charge in [0.1, 0.15) is 6.54 Å². The molecule has 1 aliphatic rings. The molecule has 1 aromatic heterocycles. The number of aromatic nitrogens is 2. The summed E-state index contributed by atoms with van der Waals surface area (Å²) in [7, 11) is 0. The summed E-state index contributed by atoms with van der Waals surface area (Å²) in [5.41, 5.74) is 0.923. The summed E-state index contributed by atoms with van der Waals surface area (Å²) in [6.07, 6.45) is 5.77. The van der Waals surface area contributed by atoms with Gasteiger partial charge in [0.15, 0.2) is 0 Å². The lowest BCUT2D eigenvalue weighted by molar-refractivity contribution is -0.138. The fraction of sp³-hybridized carbons (Fsp3) is 0.526. The Morgan fingerprint density at radius 2 is 1.92 bits per heavy atom. The van der Waals surface area contributed by atoms with Gasteiger partial charge in [-0.25, -0.2) is 0 Å². The zero-order valence-electron chi connectivity index (χ0n) is 14.4. The zero-order chi connectivity index (χ0) is 16.9. The van der Waals surface area contributed by atoms with Gasteiger partial charge in [-0.1, -0.05) is 68.6 Å². The van der Waals surface area contributed by atoms with E-state index in [0.717, 1.165) is 18.4 Å². The molecule has 1 heterocycles. The van der Waals surface area contributed by atoms with Gasteiger partial charge >= 0.3 is 0 Å². The van der Waals surface area contributed by atoms with Crippen molar-refractivity contribution in [2.45, 2.75) is 58.5 Å². The third-order valence-electron chi connectivity index (χ3n) is 4.60. The van der Waals surface area contributed by atoms with Crippen molar-refractivity contribution in [3.8, 4) is 11.4 Å². The van der Waals surface area contributed by atoms with Crippen LogP contribution in [0.4, 0.5) is 0 Å². The summed E-state index contributed by atoms with van der Waals surface area (Å²) in [4.78, 5) is 19.1. The molecular weight excluding hydrogens is 302 g/mol. The second-order valence-electron chi connectivity index (χ2n) is 6.79. The summed E-state index contributed by atoms with van der Waals surface area (Å²) < 4.78 is 5.42. The normalized spacial score (nSPS) is 15.6. The van der Waals surface area contributed by atoms with E-state index < -0.39 is 0 Å². The van der Waals surface area contributed by atoms with Crippen molar-refractivity contribution in [2.24, 2.45) is 5.92 Å². The van der Waals surface area contributed by atoms with Crippen molar-refractivity contribution >= 4 is 5.91 Å². The van der Waals surface area contributed by atoms with Crippen molar-refractivity contribution in [2.75, 3.05) is 0 Å². The predicted octanol–water partition coefficient (Wildman–Crippen LogP) is 4.05. The molecule has 1 fully saturated rings. The number of nitrogens with zero attached hydrogens (tertiary/aromatic N) is 3. The molecule has 1 saturated carbocycles. The molecule has 0 saturated heterocycles. The highest BCUT2D eigenvalue weighted by molar-refractivity contribution is 5.78.